The van der Waals surface area contributed by atoms with Crippen LogP contribution in [-0.4, -0.2) is 10.1 Å². The summed E-state index contributed by atoms with van der Waals surface area (Å²) in [5, 5.41) is 11.9. The lowest BCUT2D eigenvalue weighted by Crippen LogP contribution is -2.03. The molecule has 0 spiro atoms. The lowest BCUT2D eigenvalue weighted by molar-refractivity contribution is 0.221. The number of aliphatic hydroxyl groups excluding tert-OH is 1. The predicted molar refractivity (Wildman–Crippen MR) is 90.2 cm³/mol. The highest BCUT2D eigenvalue weighted by atomic mass is 35.5. The zero-order chi connectivity index (χ0) is 15.5. The van der Waals surface area contributed by atoms with E-state index in [1.54, 1.807) is 42.7 Å². The monoisotopic (exact) mass is 329 g/mol. The Hall–Kier alpha value is -1.87. The quantitative estimate of drug-likeness (QED) is 0.721. The van der Waals surface area contributed by atoms with Crippen LogP contribution in [0.25, 0.3) is 11.1 Å². The predicted octanol–water partition coefficient (Wildman–Crippen LogP) is 5.14. The van der Waals surface area contributed by atoms with Crippen LogP contribution < -0.4 is 0 Å². The maximum absolute atomic E-state index is 10.8. The third-order valence-electron chi connectivity index (χ3n) is 3.48. The smallest absolute Gasteiger partial charge is 0.106 e. The lowest BCUT2D eigenvalue weighted by atomic mass is 9.93. The van der Waals surface area contributed by atoms with Gasteiger partial charge >= 0.3 is 0 Å². The van der Waals surface area contributed by atoms with E-state index in [0.717, 1.165) is 16.7 Å². The first kappa shape index (κ1) is 15.0. The van der Waals surface area contributed by atoms with Crippen LogP contribution in [0, 0.1) is 0 Å². The van der Waals surface area contributed by atoms with Gasteiger partial charge in [0.15, 0.2) is 0 Å². The van der Waals surface area contributed by atoms with E-state index in [4.69, 9.17) is 23.2 Å². The molecule has 3 rings (SSSR count). The average molecular weight is 330 g/mol. The average Bonchev–Trinajstić information content (AvgIpc) is 2.55. The SMILES string of the molecule is OC(c1ccc(Cl)cc1)c1c(Cl)cccc1-c1cccnc1. The molecule has 110 valence electrons. The normalized spacial score (nSPS) is 12.1. The van der Waals surface area contributed by atoms with Crippen LogP contribution in [0.4, 0.5) is 0 Å². The number of halogens is 2. The summed E-state index contributed by atoms with van der Waals surface area (Å²) >= 11 is 12.3. The van der Waals surface area contributed by atoms with Crippen molar-refractivity contribution < 1.29 is 5.11 Å². The summed E-state index contributed by atoms with van der Waals surface area (Å²) in [5.41, 5.74) is 3.18. The Bertz CT molecular complexity index is 773. The fourth-order valence-electron chi connectivity index (χ4n) is 2.40. The summed E-state index contributed by atoms with van der Waals surface area (Å²) in [6.45, 7) is 0. The van der Waals surface area contributed by atoms with Crippen molar-refractivity contribution in [2.24, 2.45) is 0 Å². The largest absolute Gasteiger partial charge is 0.384 e. The van der Waals surface area contributed by atoms with Gasteiger partial charge in [-0.2, -0.15) is 0 Å². The molecule has 0 aliphatic carbocycles. The van der Waals surface area contributed by atoms with Gasteiger partial charge in [-0.25, -0.2) is 0 Å². The third kappa shape index (κ3) is 3.00. The van der Waals surface area contributed by atoms with E-state index in [9.17, 15) is 5.11 Å². The second kappa shape index (κ2) is 6.49. The fraction of sp³-hybridized carbons (Fsp3) is 0.0556. The minimum absolute atomic E-state index is 0.517. The highest BCUT2D eigenvalue weighted by Crippen LogP contribution is 2.36. The van der Waals surface area contributed by atoms with Crippen molar-refractivity contribution in [3.05, 3.63) is 88.2 Å². The summed E-state index contributed by atoms with van der Waals surface area (Å²) in [6.07, 6.45) is 2.63. The first-order valence-corrected chi connectivity index (χ1v) is 7.55. The van der Waals surface area contributed by atoms with Crippen LogP contribution in [0.3, 0.4) is 0 Å². The number of aliphatic hydroxyl groups is 1. The van der Waals surface area contributed by atoms with Gasteiger partial charge < -0.3 is 5.11 Å². The Labute approximate surface area is 139 Å². The lowest BCUT2D eigenvalue weighted by Gasteiger charge is -2.18. The standard InChI is InChI=1S/C18H13Cl2NO/c19-14-8-6-12(7-9-14)18(22)17-15(4-1-5-16(17)20)13-3-2-10-21-11-13/h1-11,18,22H. The number of aromatic nitrogens is 1. The Kier molecular flexibility index (Phi) is 4.44. The van der Waals surface area contributed by atoms with E-state index in [2.05, 4.69) is 4.98 Å². The molecule has 1 unspecified atom stereocenters. The molecule has 1 N–H and O–H groups in total. The molecule has 0 aliphatic rings. The molecule has 2 aromatic carbocycles. The van der Waals surface area contributed by atoms with Gasteiger partial charge in [0.05, 0.1) is 0 Å². The van der Waals surface area contributed by atoms with Gasteiger partial charge in [0.25, 0.3) is 0 Å². The Morgan fingerprint density at radius 2 is 1.68 bits per heavy atom. The Morgan fingerprint density at radius 1 is 0.909 bits per heavy atom. The Balaban J connectivity index is 2.12. The molecule has 2 nitrogen and oxygen atoms in total. The second-order valence-electron chi connectivity index (χ2n) is 4.90. The molecule has 1 aromatic heterocycles. The maximum Gasteiger partial charge on any atom is 0.106 e. The van der Waals surface area contributed by atoms with E-state index in [1.807, 2.05) is 24.3 Å². The van der Waals surface area contributed by atoms with Crippen molar-refractivity contribution in [3.63, 3.8) is 0 Å². The summed E-state index contributed by atoms with van der Waals surface area (Å²) in [5.74, 6) is 0. The van der Waals surface area contributed by atoms with Crippen LogP contribution in [-0.2, 0) is 0 Å². The van der Waals surface area contributed by atoms with Gasteiger partial charge in [-0.05, 0) is 35.4 Å². The van der Waals surface area contributed by atoms with Crippen molar-refractivity contribution in [3.8, 4) is 11.1 Å². The summed E-state index contributed by atoms with van der Waals surface area (Å²) < 4.78 is 0. The molecule has 4 heteroatoms. The molecule has 1 heterocycles. The summed E-state index contributed by atoms with van der Waals surface area (Å²) in [7, 11) is 0. The van der Waals surface area contributed by atoms with Crippen LogP contribution in [0.15, 0.2) is 67.0 Å². The van der Waals surface area contributed by atoms with Gasteiger partial charge in [-0.3, -0.25) is 4.98 Å². The minimum atomic E-state index is -0.832. The molecule has 0 saturated carbocycles. The van der Waals surface area contributed by atoms with Gasteiger partial charge in [0.1, 0.15) is 6.10 Å². The summed E-state index contributed by atoms with van der Waals surface area (Å²) in [6, 6.07) is 16.5. The van der Waals surface area contributed by atoms with E-state index < -0.39 is 6.10 Å². The molecule has 0 aliphatic heterocycles. The number of rotatable bonds is 3. The van der Waals surface area contributed by atoms with E-state index in [1.165, 1.54) is 0 Å². The van der Waals surface area contributed by atoms with Crippen molar-refractivity contribution in [2.45, 2.75) is 6.10 Å². The van der Waals surface area contributed by atoms with Crippen LogP contribution in [0.2, 0.25) is 10.0 Å². The molecule has 0 saturated heterocycles. The molecule has 0 radical (unpaired) electrons. The Morgan fingerprint density at radius 3 is 2.36 bits per heavy atom. The topological polar surface area (TPSA) is 33.1 Å². The van der Waals surface area contributed by atoms with Gasteiger partial charge in [-0.1, -0.05) is 53.5 Å². The highest BCUT2D eigenvalue weighted by Gasteiger charge is 2.19. The number of nitrogens with zero attached hydrogens (tertiary/aromatic N) is 1. The van der Waals surface area contributed by atoms with Crippen LogP contribution in [0.5, 0.6) is 0 Å². The van der Waals surface area contributed by atoms with Gasteiger partial charge in [0.2, 0.25) is 0 Å². The fourth-order valence-corrected chi connectivity index (χ4v) is 2.80. The van der Waals surface area contributed by atoms with Gasteiger partial charge in [-0.15, -0.1) is 0 Å². The first-order chi connectivity index (χ1) is 10.7. The molecular weight excluding hydrogens is 317 g/mol. The molecule has 22 heavy (non-hydrogen) atoms. The van der Waals surface area contributed by atoms with Crippen molar-refractivity contribution in [1.82, 2.24) is 4.98 Å². The van der Waals surface area contributed by atoms with Crippen LogP contribution in [0.1, 0.15) is 17.2 Å². The molecule has 1 atom stereocenters. The molecular formula is C18H13Cl2NO. The van der Waals surface area contributed by atoms with Gasteiger partial charge in [0, 0.05) is 33.6 Å². The first-order valence-electron chi connectivity index (χ1n) is 6.79. The van der Waals surface area contributed by atoms with Crippen molar-refractivity contribution in [2.75, 3.05) is 0 Å². The minimum Gasteiger partial charge on any atom is -0.384 e. The number of hydrogen-bond acceptors (Lipinski definition) is 2. The van der Waals surface area contributed by atoms with E-state index >= 15 is 0 Å². The van der Waals surface area contributed by atoms with E-state index in [-0.39, 0.29) is 0 Å². The maximum atomic E-state index is 10.8. The van der Waals surface area contributed by atoms with Crippen molar-refractivity contribution >= 4 is 23.2 Å². The zero-order valence-electron chi connectivity index (χ0n) is 11.6. The second-order valence-corrected chi connectivity index (χ2v) is 5.74. The molecule has 0 fully saturated rings. The number of benzene rings is 2. The highest BCUT2D eigenvalue weighted by molar-refractivity contribution is 6.32. The summed E-state index contributed by atoms with van der Waals surface area (Å²) in [4.78, 5) is 4.13. The molecule has 3 aromatic rings. The van der Waals surface area contributed by atoms with Crippen molar-refractivity contribution in [1.29, 1.82) is 0 Å². The number of hydrogen-bond donors (Lipinski definition) is 1. The van der Waals surface area contributed by atoms with Crippen LogP contribution >= 0.6 is 23.2 Å². The van der Waals surface area contributed by atoms with E-state index in [0.29, 0.717) is 15.6 Å². The third-order valence-corrected chi connectivity index (χ3v) is 4.07. The zero-order valence-corrected chi connectivity index (χ0v) is 13.1. The molecule has 0 bridgehead atoms. The molecule has 0 amide bonds. The number of pyridine rings is 1.